The van der Waals surface area contributed by atoms with Crippen molar-refractivity contribution in [3.05, 3.63) is 35.9 Å². The topological polar surface area (TPSA) is 77.0 Å². The minimum Gasteiger partial charge on any atom is -0.497 e. The third-order valence-corrected chi connectivity index (χ3v) is 4.19. The van der Waals surface area contributed by atoms with E-state index in [1.54, 1.807) is 13.2 Å². The maximum Gasteiger partial charge on any atom is 0.242 e. The lowest BCUT2D eigenvalue weighted by Crippen LogP contribution is -2.50. The molecule has 1 aromatic heterocycles. The van der Waals surface area contributed by atoms with Crippen molar-refractivity contribution in [1.29, 1.82) is 0 Å². The maximum atomic E-state index is 12.6. The second kappa shape index (κ2) is 7.90. The Bertz CT molecular complexity index is 761. The smallest absolute Gasteiger partial charge is 0.242 e. The first-order valence-electron chi connectivity index (χ1n) is 8.25. The summed E-state index contributed by atoms with van der Waals surface area (Å²) in [6.07, 6.45) is 0. The quantitative estimate of drug-likeness (QED) is 0.771. The van der Waals surface area contributed by atoms with Crippen molar-refractivity contribution in [2.24, 2.45) is 0 Å². The highest BCUT2D eigenvalue weighted by molar-refractivity contribution is 5.82. The Hall–Kier alpha value is -3.03. The number of piperazine rings is 1. The van der Waals surface area contributed by atoms with E-state index in [1.165, 1.54) is 14.2 Å². The molecule has 0 atom stereocenters. The zero-order valence-electron chi connectivity index (χ0n) is 15.1. The highest BCUT2D eigenvalue weighted by Crippen LogP contribution is 2.22. The van der Waals surface area contributed by atoms with Crippen LogP contribution in [0.2, 0.25) is 0 Å². The highest BCUT2D eigenvalue weighted by atomic mass is 16.5. The number of nitrogens with zero attached hydrogens (tertiary/aromatic N) is 4. The normalized spacial score (nSPS) is 14.3. The summed E-state index contributed by atoms with van der Waals surface area (Å²) >= 11 is 0. The predicted octanol–water partition coefficient (Wildman–Crippen LogP) is 1.35. The molecule has 8 nitrogen and oxygen atoms in total. The summed E-state index contributed by atoms with van der Waals surface area (Å²) in [5.74, 6) is 2.03. The number of anilines is 1. The molecule has 0 saturated carbocycles. The summed E-state index contributed by atoms with van der Waals surface area (Å²) in [5, 5.41) is 0. The van der Waals surface area contributed by atoms with Crippen LogP contribution in [0.15, 0.2) is 30.3 Å². The average Bonchev–Trinajstić information content (AvgIpc) is 2.69. The second-order valence-electron chi connectivity index (χ2n) is 5.84. The van der Waals surface area contributed by atoms with Gasteiger partial charge in [-0.25, -0.2) is 0 Å². The first-order chi connectivity index (χ1) is 12.6. The number of carbonyl (C=O) groups is 1. The minimum absolute atomic E-state index is 0.0180. The number of amides is 1. The van der Waals surface area contributed by atoms with E-state index in [0.29, 0.717) is 37.3 Å². The van der Waals surface area contributed by atoms with Crippen LogP contribution in [0.4, 0.5) is 5.95 Å². The Morgan fingerprint density at radius 1 is 1.00 bits per heavy atom. The summed E-state index contributed by atoms with van der Waals surface area (Å²) in [6.45, 7) is 1.97. The van der Waals surface area contributed by atoms with Gasteiger partial charge in [-0.15, -0.1) is 0 Å². The second-order valence-corrected chi connectivity index (χ2v) is 5.84. The lowest BCUT2D eigenvalue weighted by atomic mass is 10.2. The molecule has 0 unspecified atom stereocenters. The van der Waals surface area contributed by atoms with E-state index >= 15 is 0 Å². The number of benzene rings is 1. The van der Waals surface area contributed by atoms with Gasteiger partial charge in [0.2, 0.25) is 23.6 Å². The van der Waals surface area contributed by atoms with Crippen LogP contribution in [0.3, 0.4) is 0 Å². The number of hydrogen-bond acceptors (Lipinski definition) is 7. The van der Waals surface area contributed by atoms with Gasteiger partial charge in [0.15, 0.2) is 0 Å². The molecule has 1 saturated heterocycles. The fraction of sp³-hybridized carbons (Fsp3) is 0.389. The summed E-state index contributed by atoms with van der Waals surface area (Å²) < 4.78 is 15.6. The van der Waals surface area contributed by atoms with Crippen LogP contribution in [-0.2, 0) is 11.3 Å². The average molecular weight is 358 g/mol. The van der Waals surface area contributed by atoms with Crippen LogP contribution in [0.25, 0.3) is 0 Å². The van der Waals surface area contributed by atoms with E-state index in [2.05, 4.69) is 9.97 Å². The summed E-state index contributed by atoms with van der Waals surface area (Å²) in [4.78, 5) is 24.9. The van der Waals surface area contributed by atoms with Crippen molar-refractivity contribution < 1.29 is 19.0 Å². The van der Waals surface area contributed by atoms with Crippen LogP contribution in [0, 0.1) is 0 Å². The number of rotatable bonds is 6. The number of methoxy groups -OCH3 is 3. The van der Waals surface area contributed by atoms with Gasteiger partial charge in [-0.2, -0.15) is 9.97 Å². The van der Waals surface area contributed by atoms with Crippen molar-refractivity contribution in [2.75, 3.05) is 45.9 Å². The van der Waals surface area contributed by atoms with E-state index < -0.39 is 0 Å². The molecule has 8 heteroatoms. The van der Waals surface area contributed by atoms with Crippen molar-refractivity contribution in [1.82, 2.24) is 14.9 Å². The van der Waals surface area contributed by atoms with Crippen molar-refractivity contribution in [3.63, 3.8) is 0 Å². The fourth-order valence-corrected chi connectivity index (χ4v) is 2.78. The van der Waals surface area contributed by atoms with Crippen LogP contribution < -0.4 is 19.1 Å². The van der Waals surface area contributed by atoms with E-state index in [4.69, 9.17) is 14.2 Å². The van der Waals surface area contributed by atoms with Gasteiger partial charge >= 0.3 is 0 Å². The van der Waals surface area contributed by atoms with Gasteiger partial charge < -0.3 is 24.0 Å². The monoisotopic (exact) mass is 358 g/mol. The summed E-state index contributed by atoms with van der Waals surface area (Å²) in [7, 11) is 4.69. The number of carbonyl (C=O) groups excluding carboxylic acids is 1. The van der Waals surface area contributed by atoms with Gasteiger partial charge in [0, 0.05) is 19.6 Å². The molecule has 0 radical (unpaired) electrons. The molecule has 1 aliphatic rings. The molecule has 2 aromatic rings. The molecular formula is C18H22N4O4. The maximum absolute atomic E-state index is 12.6. The SMILES string of the molecule is COc1cccc(CN2CCN(c3nc(OC)cc(OC)n3)CC2=O)c1. The van der Waals surface area contributed by atoms with Gasteiger partial charge in [-0.1, -0.05) is 12.1 Å². The molecule has 1 fully saturated rings. The molecule has 0 spiro atoms. The first kappa shape index (κ1) is 17.8. The molecule has 1 aromatic carbocycles. The molecule has 138 valence electrons. The van der Waals surface area contributed by atoms with Crippen molar-refractivity contribution in [3.8, 4) is 17.5 Å². The summed E-state index contributed by atoms with van der Waals surface area (Å²) in [6, 6.07) is 9.33. The molecular weight excluding hydrogens is 336 g/mol. The van der Waals surface area contributed by atoms with Gasteiger partial charge in [0.1, 0.15) is 12.3 Å². The predicted molar refractivity (Wildman–Crippen MR) is 95.8 cm³/mol. The van der Waals surface area contributed by atoms with E-state index in [-0.39, 0.29) is 12.5 Å². The molecule has 0 N–H and O–H groups in total. The largest absolute Gasteiger partial charge is 0.497 e. The molecule has 3 rings (SSSR count). The first-order valence-corrected chi connectivity index (χ1v) is 8.25. The Morgan fingerprint density at radius 3 is 2.35 bits per heavy atom. The minimum atomic E-state index is 0.0180. The van der Waals surface area contributed by atoms with E-state index in [0.717, 1.165) is 11.3 Å². The lowest BCUT2D eigenvalue weighted by molar-refractivity contribution is -0.131. The molecule has 1 aliphatic heterocycles. The number of aromatic nitrogens is 2. The van der Waals surface area contributed by atoms with Crippen LogP contribution in [0.5, 0.6) is 17.5 Å². The molecule has 2 heterocycles. The summed E-state index contributed by atoms with van der Waals surface area (Å²) in [5.41, 5.74) is 1.03. The zero-order chi connectivity index (χ0) is 18.5. The standard InChI is InChI=1S/C18H22N4O4/c1-24-14-6-4-5-13(9-14)11-21-7-8-22(12-17(21)23)18-19-15(25-2)10-16(20-18)26-3/h4-6,9-10H,7-8,11-12H2,1-3H3. The van der Waals surface area contributed by atoms with Crippen LogP contribution in [0.1, 0.15) is 5.56 Å². The molecule has 0 bridgehead atoms. The van der Waals surface area contributed by atoms with E-state index in [1.807, 2.05) is 34.1 Å². The molecule has 1 amide bonds. The van der Waals surface area contributed by atoms with E-state index in [9.17, 15) is 4.79 Å². The molecule has 0 aliphatic carbocycles. The Labute approximate surface area is 152 Å². The fourth-order valence-electron chi connectivity index (χ4n) is 2.78. The van der Waals surface area contributed by atoms with Crippen molar-refractivity contribution >= 4 is 11.9 Å². The number of hydrogen-bond donors (Lipinski definition) is 0. The molecule has 26 heavy (non-hydrogen) atoms. The van der Waals surface area contributed by atoms with Crippen LogP contribution >= 0.6 is 0 Å². The third kappa shape index (κ3) is 3.96. The highest BCUT2D eigenvalue weighted by Gasteiger charge is 2.26. The van der Waals surface area contributed by atoms with Crippen LogP contribution in [-0.4, -0.2) is 61.7 Å². The van der Waals surface area contributed by atoms with Gasteiger partial charge in [0.25, 0.3) is 0 Å². The Balaban J connectivity index is 1.69. The van der Waals surface area contributed by atoms with Gasteiger partial charge in [-0.3, -0.25) is 4.79 Å². The third-order valence-electron chi connectivity index (χ3n) is 4.19. The van der Waals surface area contributed by atoms with Gasteiger partial charge in [0.05, 0.1) is 27.4 Å². The number of ether oxygens (including phenoxy) is 3. The Morgan fingerprint density at radius 2 is 1.73 bits per heavy atom. The zero-order valence-corrected chi connectivity index (χ0v) is 15.1. The van der Waals surface area contributed by atoms with Gasteiger partial charge in [-0.05, 0) is 17.7 Å². The Kier molecular flexibility index (Phi) is 5.40. The van der Waals surface area contributed by atoms with Crippen molar-refractivity contribution in [2.45, 2.75) is 6.54 Å². The lowest BCUT2D eigenvalue weighted by Gasteiger charge is -2.34.